The molecule has 32 heavy (non-hydrogen) atoms. The molecule has 1 aromatic rings. The van der Waals surface area contributed by atoms with Crippen LogP contribution in [0.1, 0.15) is 57.4 Å². The lowest BCUT2D eigenvalue weighted by Crippen LogP contribution is -2.53. The highest BCUT2D eigenvalue weighted by atomic mass is 19.4. The average Bonchev–Trinajstić information content (AvgIpc) is 2.67. The summed E-state index contributed by atoms with van der Waals surface area (Å²) in [6, 6.07) is 2.73. The molecule has 0 aromatic heterocycles. The van der Waals surface area contributed by atoms with Crippen molar-refractivity contribution in [3.8, 4) is 0 Å². The van der Waals surface area contributed by atoms with E-state index in [1.54, 1.807) is 0 Å². The minimum Gasteiger partial charge on any atom is -0.355 e. The second kappa shape index (κ2) is 8.41. The molecule has 4 fully saturated rings. The number of carbonyl (C=O) groups is 3. The number of hydrogen-bond acceptors (Lipinski definition) is 3. The maximum atomic E-state index is 13.1. The second-order valence-corrected chi connectivity index (χ2v) is 9.69. The van der Waals surface area contributed by atoms with Gasteiger partial charge >= 0.3 is 6.18 Å². The summed E-state index contributed by atoms with van der Waals surface area (Å²) in [6.07, 6.45) is 1.77. The highest BCUT2D eigenvalue weighted by Crippen LogP contribution is 2.60. The van der Waals surface area contributed by atoms with Crippen molar-refractivity contribution in [2.24, 2.45) is 23.2 Å². The molecule has 3 N–H and O–H groups in total. The van der Waals surface area contributed by atoms with E-state index in [-0.39, 0.29) is 35.7 Å². The van der Waals surface area contributed by atoms with Gasteiger partial charge in [0.15, 0.2) is 0 Å². The summed E-state index contributed by atoms with van der Waals surface area (Å²) in [4.78, 5) is 36.7. The number of anilines is 2. The predicted octanol–water partition coefficient (Wildman–Crippen LogP) is 4.33. The second-order valence-electron chi connectivity index (χ2n) is 9.69. The standard InChI is InChI=1S/C23H28F3N3O3/c1-13(30)28-18-3-2-17(23(24,25)26)9-19(18)29-20(31)4-5-27-21(32)22-10-14-6-15(11-22)8-16(7-14)12-22/h2-3,9,14-16H,4-8,10-12H2,1H3,(H,27,32)(H,28,30)(H,29,31). The van der Waals surface area contributed by atoms with Gasteiger partial charge in [-0.2, -0.15) is 13.2 Å². The zero-order chi connectivity index (χ0) is 23.1. The molecule has 0 unspecified atom stereocenters. The molecule has 1 aromatic carbocycles. The zero-order valence-corrected chi connectivity index (χ0v) is 18.0. The largest absolute Gasteiger partial charge is 0.416 e. The van der Waals surface area contributed by atoms with Crippen molar-refractivity contribution in [3.05, 3.63) is 23.8 Å². The lowest BCUT2D eigenvalue weighted by Gasteiger charge is -2.55. The number of halogens is 3. The summed E-state index contributed by atoms with van der Waals surface area (Å²) in [5.41, 5.74) is -1.30. The lowest BCUT2D eigenvalue weighted by atomic mass is 9.49. The van der Waals surface area contributed by atoms with Crippen LogP contribution in [-0.2, 0) is 20.6 Å². The first kappa shape index (κ1) is 22.6. The summed E-state index contributed by atoms with van der Waals surface area (Å²) in [5, 5.41) is 7.74. The molecule has 9 heteroatoms. The third kappa shape index (κ3) is 4.76. The summed E-state index contributed by atoms with van der Waals surface area (Å²) < 4.78 is 39.2. The van der Waals surface area contributed by atoms with Crippen LogP contribution in [0.2, 0.25) is 0 Å². The third-order valence-electron chi connectivity index (χ3n) is 7.09. The highest BCUT2D eigenvalue weighted by molar-refractivity contribution is 5.99. The highest BCUT2D eigenvalue weighted by Gasteiger charge is 2.54. The van der Waals surface area contributed by atoms with E-state index in [2.05, 4.69) is 16.0 Å². The van der Waals surface area contributed by atoms with E-state index in [0.717, 1.165) is 37.5 Å². The Kier molecular flexibility index (Phi) is 5.94. The molecule has 0 spiro atoms. The fraction of sp³-hybridized carbons (Fsp3) is 0.609. The molecule has 0 aliphatic heterocycles. The van der Waals surface area contributed by atoms with Crippen molar-refractivity contribution >= 4 is 29.1 Å². The van der Waals surface area contributed by atoms with Crippen molar-refractivity contribution in [1.29, 1.82) is 0 Å². The van der Waals surface area contributed by atoms with Crippen LogP contribution in [-0.4, -0.2) is 24.3 Å². The molecule has 0 heterocycles. The van der Waals surface area contributed by atoms with E-state index in [1.807, 2.05) is 0 Å². The van der Waals surface area contributed by atoms with Gasteiger partial charge in [-0.1, -0.05) is 0 Å². The number of benzene rings is 1. The maximum Gasteiger partial charge on any atom is 0.416 e. The third-order valence-corrected chi connectivity index (χ3v) is 7.09. The molecule has 3 amide bonds. The first-order valence-electron chi connectivity index (χ1n) is 11.1. The topological polar surface area (TPSA) is 87.3 Å². The van der Waals surface area contributed by atoms with Crippen LogP contribution in [0.15, 0.2) is 18.2 Å². The normalized spacial score (nSPS) is 28.3. The van der Waals surface area contributed by atoms with Gasteiger partial charge in [0.05, 0.1) is 16.9 Å². The maximum absolute atomic E-state index is 13.1. The molecule has 174 valence electrons. The van der Waals surface area contributed by atoms with Crippen molar-refractivity contribution in [2.45, 2.75) is 58.0 Å². The molecule has 0 atom stereocenters. The number of amides is 3. The molecular weight excluding hydrogens is 423 g/mol. The first-order chi connectivity index (χ1) is 15.0. The number of alkyl halides is 3. The summed E-state index contributed by atoms with van der Waals surface area (Å²) in [5.74, 6) is 0.877. The Labute approximate surface area is 184 Å². The number of hydrogen-bond donors (Lipinski definition) is 3. The molecule has 5 rings (SSSR count). The molecular formula is C23H28F3N3O3. The van der Waals surface area contributed by atoms with Gasteiger partial charge in [-0.3, -0.25) is 14.4 Å². The van der Waals surface area contributed by atoms with Crippen molar-refractivity contribution in [1.82, 2.24) is 5.32 Å². The van der Waals surface area contributed by atoms with Crippen LogP contribution in [0.4, 0.5) is 24.5 Å². The molecule has 4 saturated carbocycles. The van der Waals surface area contributed by atoms with Crippen LogP contribution >= 0.6 is 0 Å². The van der Waals surface area contributed by atoms with Gasteiger partial charge in [0.2, 0.25) is 17.7 Å². The minimum absolute atomic E-state index is 0.00223. The average molecular weight is 451 g/mol. The molecule has 4 aliphatic rings. The van der Waals surface area contributed by atoms with Crippen LogP contribution in [0.3, 0.4) is 0 Å². The first-order valence-corrected chi connectivity index (χ1v) is 11.1. The van der Waals surface area contributed by atoms with Gasteiger partial charge < -0.3 is 16.0 Å². The molecule has 4 aliphatic carbocycles. The Hall–Kier alpha value is -2.58. The SMILES string of the molecule is CC(=O)Nc1ccc(C(F)(F)F)cc1NC(=O)CCNC(=O)C12CC3CC(CC(C3)C1)C2. The van der Waals surface area contributed by atoms with E-state index in [1.165, 1.54) is 26.2 Å². The Bertz CT molecular complexity index is 894. The van der Waals surface area contributed by atoms with Crippen LogP contribution in [0.25, 0.3) is 0 Å². The minimum atomic E-state index is -4.58. The van der Waals surface area contributed by atoms with Crippen molar-refractivity contribution in [3.63, 3.8) is 0 Å². The number of nitrogens with one attached hydrogen (secondary N) is 3. The van der Waals surface area contributed by atoms with Crippen LogP contribution in [0, 0.1) is 23.2 Å². The number of rotatable bonds is 6. The fourth-order valence-electron chi connectivity index (χ4n) is 6.20. The predicted molar refractivity (Wildman–Crippen MR) is 113 cm³/mol. The van der Waals surface area contributed by atoms with Gasteiger partial charge in [0.25, 0.3) is 0 Å². The van der Waals surface area contributed by atoms with Crippen LogP contribution < -0.4 is 16.0 Å². The van der Waals surface area contributed by atoms with Gasteiger partial charge in [0.1, 0.15) is 0 Å². The van der Waals surface area contributed by atoms with Gasteiger partial charge in [-0.15, -0.1) is 0 Å². The lowest BCUT2D eigenvalue weighted by molar-refractivity contribution is -0.146. The summed E-state index contributed by atoms with van der Waals surface area (Å²) in [6.45, 7) is 1.34. The van der Waals surface area contributed by atoms with Crippen molar-refractivity contribution < 1.29 is 27.6 Å². The van der Waals surface area contributed by atoms with Crippen molar-refractivity contribution in [2.75, 3.05) is 17.2 Å². The summed E-state index contributed by atoms with van der Waals surface area (Å²) in [7, 11) is 0. The van der Waals surface area contributed by atoms with E-state index in [9.17, 15) is 27.6 Å². The smallest absolute Gasteiger partial charge is 0.355 e. The summed E-state index contributed by atoms with van der Waals surface area (Å²) >= 11 is 0. The van der Waals surface area contributed by atoms with E-state index >= 15 is 0 Å². The van der Waals surface area contributed by atoms with E-state index in [4.69, 9.17) is 0 Å². The monoisotopic (exact) mass is 451 g/mol. The Morgan fingerprint density at radius 2 is 1.56 bits per heavy atom. The fourth-order valence-corrected chi connectivity index (χ4v) is 6.20. The zero-order valence-electron chi connectivity index (χ0n) is 18.0. The Morgan fingerprint density at radius 3 is 2.09 bits per heavy atom. The van der Waals surface area contributed by atoms with Crippen LogP contribution in [0.5, 0.6) is 0 Å². The van der Waals surface area contributed by atoms with Gasteiger partial charge in [-0.05, 0) is 74.5 Å². The number of carbonyl (C=O) groups excluding carboxylic acids is 3. The van der Waals surface area contributed by atoms with Gasteiger partial charge in [-0.25, -0.2) is 0 Å². The van der Waals surface area contributed by atoms with Gasteiger partial charge in [0, 0.05) is 25.3 Å². The Morgan fingerprint density at radius 1 is 0.969 bits per heavy atom. The molecule has 0 radical (unpaired) electrons. The van der Waals surface area contributed by atoms with E-state index in [0.29, 0.717) is 17.8 Å². The quantitative estimate of drug-likeness (QED) is 0.602. The molecule has 4 bridgehead atoms. The Balaban J connectivity index is 1.35. The van der Waals surface area contributed by atoms with E-state index < -0.39 is 23.6 Å². The molecule has 6 nitrogen and oxygen atoms in total. The molecule has 0 saturated heterocycles.